The normalized spacial score (nSPS) is 21.4. The van der Waals surface area contributed by atoms with E-state index in [-0.39, 0.29) is 12.1 Å². The SMILES string of the molecule is OC1CCC(N(c2ncccn2)n2ncc3ccccc32)CC1. The molecule has 0 atom stereocenters. The zero-order valence-corrected chi connectivity index (χ0v) is 12.8. The second-order valence-electron chi connectivity index (χ2n) is 5.95. The van der Waals surface area contributed by atoms with E-state index >= 15 is 0 Å². The van der Waals surface area contributed by atoms with Crippen LogP contribution < -0.4 is 5.01 Å². The quantitative estimate of drug-likeness (QED) is 0.804. The Kier molecular flexibility index (Phi) is 3.67. The van der Waals surface area contributed by atoms with Gasteiger partial charge in [-0.25, -0.2) is 15.0 Å². The van der Waals surface area contributed by atoms with Gasteiger partial charge in [0.15, 0.2) is 0 Å². The van der Waals surface area contributed by atoms with Gasteiger partial charge in [0, 0.05) is 17.8 Å². The van der Waals surface area contributed by atoms with Crippen LogP contribution in [0.5, 0.6) is 0 Å². The summed E-state index contributed by atoms with van der Waals surface area (Å²) in [5.74, 6) is 0.641. The van der Waals surface area contributed by atoms with Crippen molar-refractivity contribution in [2.24, 2.45) is 0 Å². The highest BCUT2D eigenvalue weighted by atomic mass is 16.3. The maximum absolute atomic E-state index is 9.81. The maximum atomic E-state index is 9.81. The number of para-hydroxylation sites is 1. The van der Waals surface area contributed by atoms with E-state index in [1.54, 1.807) is 12.4 Å². The molecule has 6 nitrogen and oxygen atoms in total. The summed E-state index contributed by atoms with van der Waals surface area (Å²) < 4.78 is 0. The standard InChI is InChI=1S/C17H19N5O/c23-15-8-6-14(7-9-15)21(17-18-10-3-11-19-17)22-16-5-2-1-4-13(16)12-20-22/h1-5,10-12,14-15,23H,6-9H2. The zero-order valence-electron chi connectivity index (χ0n) is 12.8. The summed E-state index contributed by atoms with van der Waals surface area (Å²) in [6, 6.07) is 10.2. The fraction of sp³-hybridized carbons (Fsp3) is 0.353. The second kappa shape index (κ2) is 5.96. The van der Waals surface area contributed by atoms with Crippen LogP contribution in [0.25, 0.3) is 10.9 Å². The van der Waals surface area contributed by atoms with E-state index in [1.165, 1.54) is 0 Å². The molecular weight excluding hydrogens is 290 g/mol. The highest BCUT2D eigenvalue weighted by molar-refractivity contribution is 5.79. The first kappa shape index (κ1) is 14.1. The fourth-order valence-electron chi connectivity index (χ4n) is 3.24. The second-order valence-corrected chi connectivity index (χ2v) is 5.95. The van der Waals surface area contributed by atoms with Gasteiger partial charge >= 0.3 is 0 Å². The molecule has 1 fully saturated rings. The Balaban J connectivity index is 1.79. The van der Waals surface area contributed by atoms with Gasteiger partial charge in [-0.2, -0.15) is 9.89 Å². The Hall–Kier alpha value is -2.47. The van der Waals surface area contributed by atoms with Gasteiger partial charge in [-0.15, -0.1) is 0 Å². The number of anilines is 1. The number of hydrogen-bond acceptors (Lipinski definition) is 5. The molecule has 1 aromatic carbocycles. The molecule has 1 aliphatic rings. The molecule has 3 aromatic rings. The van der Waals surface area contributed by atoms with E-state index in [2.05, 4.69) is 26.1 Å². The lowest BCUT2D eigenvalue weighted by Crippen LogP contribution is -2.44. The third kappa shape index (κ3) is 2.66. The first-order valence-electron chi connectivity index (χ1n) is 8.00. The molecular formula is C17H19N5O. The van der Waals surface area contributed by atoms with Crippen LogP contribution in [0.2, 0.25) is 0 Å². The lowest BCUT2D eigenvalue weighted by molar-refractivity contribution is 0.119. The monoisotopic (exact) mass is 309 g/mol. The molecule has 4 rings (SSSR count). The Labute approximate surface area is 134 Å². The summed E-state index contributed by atoms with van der Waals surface area (Å²) in [5, 5.41) is 17.5. The van der Waals surface area contributed by atoms with Crippen LogP contribution in [-0.2, 0) is 0 Å². The molecule has 0 bridgehead atoms. The van der Waals surface area contributed by atoms with Gasteiger partial charge in [0.25, 0.3) is 0 Å². The Bertz CT molecular complexity index is 780. The molecule has 0 aliphatic heterocycles. The summed E-state index contributed by atoms with van der Waals surface area (Å²) in [5.41, 5.74) is 1.03. The number of benzene rings is 1. The summed E-state index contributed by atoms with van der Waals surface area (Å²) in [7, 11) is 0. The van der Waals surface area contributed by atoms with Crippen LogP contribution >= 0.6 is 0 Å². The van der Waals surface area contributed by atoms with Crippen LogP contribution in [0, 0.1) is 0 Å². The van der Waals surface area contributed by atoms with E-state index in [0.717, 1.165) is 36.6 Å². The minimum atomic E-state index is -0.195. The summed E-state index contributed by atoms with van der Waals surface area (Å²) >= 11 is 0. The van der Waals surface area contributed by atoms with Gasteiger partial charge < -0.3 is 5.11 Å². The van der Waals surface area contributed by atoms with Crippen molar-refractivity contribution < 1.29 is 5.11 Å². The van der Waals surface area contributed by atoms with Crippen LogP contribution in [0.15, 0.2) is 48.9 Å². The predicted octanol–water partition coefficient (Wildman–Crippen LogP) is 2.40. The molecule has 1 N–H and O–H groups in total. The van der Waals surface area contributed by atoms with Gasteiger partial charge in [0.05, 0.1) is 23.9 Å². The van der Waals surface area contributed by atoms with Crippen molar-refractivity contribution in [1.82, 2.24) is 19.9 Å². The van der Waals surface area contributed by atoms with Gasteiger partial charge in [0.2, 0.25) is 5.95 Å². The molecule has 0 amide bonds. The molecule has 0 saturated heterocycles. The highest BCUT2D eigenvalue weighted by Gasteiger charge is 2.29. The van der Waals surface area contributed by atoms with Crippen LogP contribution in [0.1, 0.15) is 25.7 Å². The Morgan fingerprint density at radius 3 is 2.52 bits per heavy atom. The Morgan fingerprint density at radius 1 is 1.00 bits per heavy atom. The van der Waals surface area contributed by atoms with E-state index in [9.17, 15) is 5.11 Å². The van der Waals surface area contributed by atoms with Crippen LogP contribution in [0.3, 0.4) is 0 Å². The first-order chi connectivity index (χ1) is 11.3. The lowest BCUT2D eigenvalue weighted by Gasteiger charge is -2.35. The largest absolute Gasteiger partial charge is 0.393 e. The summed E-state index contributed by atoms with van der Waals surface area (Å²) in [6.07, 6.45) is 8.56. The molecule has 0 spiro atoms. The third-order valence-corrected chi connectivity index (χ3v) is 4.43. The average Bonchev–Trinajstić information content (AvgIpc) is 3.02. The van der Waals surface area contributed by atoms with Crippen LogP contribution in [-0.4, -0.2) is 37.1 Å². The number of aromatic nitrogens is 4. The van der Waals surface area contributed by atoms with Crippen molar-refractivity contribution in [3.05, 3.63) is 48.9 Å². The lowest BCUT2D eigenvalue weighted by atomic mass is 9.93. The maximum Gasteiger partial charge on any atom is 0.246 e. The van der Waals surface area contributed by atoms with Crippen molar-refractivity contribution in [2.45, 2.75) is 37.8 Å². The topological polar surface area (TPSA) is 67.1 Å². The molecule has 1 aliphatic carbocycles. The number of fused-ring (bicyclic) bond motifs is 1. The van der Waals surface area contributed by atoms with Gasteiger partial charge in [-0.3, -0.25) is 0 Å². The van der Waals surface area contributed by atoms with Crippen molar-refractivity contribution in [2.75, 3.05) is 5.01 Å². The molecule has 2 aromatic heterocycles. The minimum absolute atomic E-state index is 0.195. The van der Waals surface area contributed by atoms with Crippen molar-refractivity contribution in [1.29, 1.82) is 0 Å². The van der Waals surface area contributed by atoms with E-state index in [0.29, 0.717) is 5.95 Å². The highest BCUT2D eigenvalue weighted by Crippen LogP contribution is 2.27. The zero-order chi connectivity index (χ0) is 15.6. The Morgan fingerprint density at radius 2 is 1.74 bits per heavy atom. The minimum Gasteiger partial charge on any atom is -0.393 e. The predicted molar refractivity (Wildman–Crippen MR) is 87.9 cm³/mol. The van der Waals surface area contributed by atoms with E-state index < -0.39 is 0 Å². The molecule has 0 radical (unpaired) electrons. The number of nitrogens with zero attached hydrogens (tertiary/aromatic N) is 5. The van der Waals surface area contributed by atoms with Crippen molar-refractivity contribution in [3.63, 3.8) is 0 Å². The number of aliphatic hydroxyl groups excluding tert-OH is 1. The van der Waals surface area contributed by atoms with Crippen molar-refractivity contribution >= 4 is 16.9 Å². The number of rotatable bonds is 3. The smallest absolute Gasteiger partial charge is 0.246 e. The molecule has 6 heteroatoms. The number of hydrogen-bond donors (Lipinski definition) is 1. The molecule has 118 valence electrons. The summed E-state index contributed by atoms with van der Waals surface area (Å²) in [4.78, 5) is 10.8. The van der Waals surface area contributed by atoms with Crippen LogP contribution in [0.4, 0.5) is 5.95 Å². The van der Waals surface area contributed by atoms with Gasteiger partial charge in [-0.1, -0.05) is 18.2 Å². The molecule has 1 saturated carbocycles. The average molecular weight is 309 g/mol. The first-order valence-corrected chi connectivity index (χ1v) is 8.00. The number of aliphatic hydroxyl groups is 1. The fourth-order valence-corrected chi connectivity index (χ4v) is 3.24. The molecule has 2 heterocycles. The van der Waals surface area contributed by atoms with Crippen molar-refractivity contribution in [3.8, 4) is 0 Å². The third-order valence-electron chi connectivity index (χ3n) is 4.43. The molecule has 0 unspecified atom stereocenters. The van der Waals surface area contributed by atoms with E-state index in [4.69, 9.17) is 0 Å². The van der Waals surface area contributed by atoms with E-state index in [1.807, 2.05) is 35.3 Å². The molecule has 23 heavy (non-hydrogen) atoms. The van der Waals surface area contributed by atoms with Gasteiger partial charge in [-0.05, 0) is 37.8 Å². The summed E-state index contributed by atoms with van der Waals surface area (Å²) in [6.45, 7) is 0. The van der Waals surface area contributed by atoms with Gasteiger partial charge in [0.1, 0.15) is 0 Å².